The molecule has 0 aromatic heterocycles. The molecule has 1 aliphatic heterocycles. The Morgan fingerprint density at radius 3 is 2.31 bits per heavy atom. The molecule has 3 rings (SSSR count). The lowest BCUT2D eigenvalue weighted by atomic mass is 9.85. The fraction of sp³-hybridized carbons (Fsp3) is 0.650. The second-order valence-electron chi connectivity index (χ2n) is 8.26. The van der Waals surface area contributed by atoms with E-state index in [2.05, 4.69) is 16.0 Å². The van der Waals surface area contributed by atoms with Crippen molar-refractivity contribution in [3.63, 3.8) is 0 Å². The van der Waals surface area contributed by atoms with Crippen molar-refractivity contribution >= 4 is 23.0 Å². The first-order valence-electron chi connectivity index (χ1n) is 10.4. The number of benzene rings is 1. The van der Waals surface area contributed by atoms with Crippen LogP contribution in [0.5, 0.6) is 0 Å². The van der Waals surface area contributed by atoms with E-state index in [1.165, 1.54) is 17.0 Å². The quantitative estimate of drug-likeness (QED) is 0.403. The van der Waals surface area contributed by atoms with Crippen LogP contribution >= 0.6 is 0 Å². The van der Waals surface area contributed by atoms with Crippen LogP contribution in [-0.4, -0.2) is 57.0 Å². The number of rotatable bonds is 4. The van der Waals surface area contributed by atoms with E-state index >= 15 is 0 Å². The van der Waals surface area contributed by atoms with Crippen LogP contribution in [0.3, 0.4) is 0 Å². The first-order valence-corrected chi connectivity index (χ1v) is 10.4. The Kier molecular flexibility index (Phi) is 7.01. The molecule has 1 amide bonds. The Balaban J connectivity index is 1.80. The fourth-order valence-electron chi connectivity index (χ4n) is 4.28. The van der Waals surface area contributed by atoms with Gasteiger partial charge in [-0.15, -0.1) is 0 Å². The Bertz CT molecular complexity index is 820. The molecular formula is C20H27F6N5O. The van der Waals surface area contributed by atoms with E-state index in [0.717, 1.165) is 0 Å². The topological polar surface area (TPSA) is 82.4 Å². The van der Waals surface area contributed by atoms with Gasteiger partial charge in [-0.05, 0) is 37.8 Å². The molecule has 1 heterocycles. The van der Waals surface area contributed by atoms with Crippen LogP contribution in [0.15, 0.2) is 12.1 Å². The highest BCUT2D eigenvalue weighted by atomic mass is 19.4. The van der Waals surface area contributed by atoms with Crippen molar-refractivity contribution in [1.82, 2.24) is 10.6 Å². The summed E-state index contributed by atoms with van der Waals surface area (Å²) in [5.41, 5.74) is 7.08. The molecule has 1 aromatic carbocycles. The van der Waals surface area contributed by atoms with Crippen LogP contribution in [0, 0.1) is 5.92 Å². The largest absolute Gasteiger partial charge is 0.405 e. The Labute approximate surface area is 181 Å². The highest BCUT2D eigenvalue weighted by molar-refractivity contribution is 6.02. The third-order valence-corrected chi connectivity index (χ3v) is 6.12. The minimum absolute atomic E-state index is 0.0754. The van der Waals surface area contributed by atoms with E-state index in [1.54, 1.807) is 7.05 Å². The molecule has 6 nitrogen and oxygen atoms in total. The number of hydrogen-bond donors (Lipinski definition) is 4. The predicted molar refractivity (Wildman–Crippen MR) is 110 cm³/mol. The second-order valence-corrected chi connectivity index (χ2v) is 8.26. The number of carbonyl (C=O) groups excluding carboxylic acids is 1. The lowest BCUT2D eigenvalue weighted by molar-refractivity contribution is -0.182. The summed E-state index contributed by atoms with van der Waals surface area (Å²) in [6, 6.07) is 0.733. The zero-order valence-corrected chi connectivity index (χ0v) is 17.5. The first-order chi connectivity index (χ1) is 14.9. The minimum atomic E-state index is -4.45. The molecule has 0 radical (unpaired) electrons. The van der Waals surface area contributed by atoms with Crippen LogP contribution in [0.2, 0.25) is 0 Å². The lowest BCUT2D eigenvalue weighted by Crippen LogP contribution is -2.57. The summed E-state index contributed by atoms with van der Waals surface area (Å²) in [4.78, 5) is 14.5. The molecule has 1 atom stereocenters. The van der Waals surface area contributed by atoms with Crippen molar-refractivity contribution in [3.05, 3.63) is 17.7 Å². The molecule has 1 unspecified atom stereocenters. The van der Waals surface area contributed by atoms with E-state index in [-0.39, 0.29) is 56.6 Å². The third kappa shape index (κ3) is 5.51. The second kappa shape index (κ2) is 9.24. The molecule has 5 N–H and O–H groups in total. The molecule has 180 valence electrons. The number of nitrogen functional groups attached to an aromatic ring is 1. The van der Waals surface area contributed by atoms with Gasteiger partial charge in [0, 0.05) is 32.7 Å². The zero-order chi connectivity index (χ0) is 23.7. The van der Waals surface area contributed by atoms with Crippen molar-refractivity contribution in [2.75, 3.05) is 42.6 Å². The highest BCUT2D eigenvalue weighted by Gasteiger charge is 2.43. The summed E-state index contributed by atoms with van der Waals surface area (Å²) >= 11 is 0. The maximum atomic E-state index is 13.2. The van der Waals surface area contributed by atoms with Gasteiger partial charge in [-0.3, -0.25) is 4.79 Å². The fourth-order valence-corrected chi connectivity index (χ4v) is 4.28. The van der Waals surface area contributed by atoms with Gasteiger partial charge < -0.3 is 26.6 Å². The van der Waals surface area contributed by atoms with Crippen molar-refractivity contribution in [2.24, 2.45) is 5.92 Å². The molecule has 0 spiro atoms. The van der Waals surface area contributed by atoms with Crippen molar-refractivity contribution in [1.29, 1.82) is 0 Å². The smallest absolute Gasteiger partial charge is 0.397 e. The number of nitrogens with one attached hydrogen (secondary N) is 3. The third-order valence-electron chi connectivity index (χ3n) is 6.12. The molecule has 12 heteroatoms. The number of anilines is 3. The van der Waals surface area contributed by atoms with Crippen molar-refractivity contribution in [2.45, 2.75) is 50.1 Å². The summed E-state index contributed by atoms with van der Waals surface area (Å²) in [6.45, 7) is -0.0594. The van der Waals surface area contributed by atoms with Gasteiger partial charge in [-0.1, -0.05) is 0 Å². The number of amides is 1. The van der Waals surface area contributed by atoms with E-state index in [9.17, 15) is 31.1 Å². The minimum Gasteiger partial charge on any atom is -0.397 e. The number of nitrogens with two attached hydrogens (primary N) is 1. The summed E-state index contributed by atoms with van der Waals surface area (Å²) in [5, 5.41) is 8.03. The van der Waals surface area contributed by atoms with Crippen LogP contribution in [0.4, 0.5) is 43.4 Å². The highest BCUT2D eigenvalue weighted by Crippen LogP contribution is 2.38. The normalized spacial score (nSPS) is 24.8. The van der Waals surface area contributed by atoms with Gasteiger partial charge in [-0.2, -0.15) is 26.3 Å². The molecular weight excluding hydrogens is 440 g/mol. The van der Waals surface area contributed by atoms with Crippen LogP contribution in [0.1, 0.15) is 36.0 Å². The Morgan fingerprint density at radius 1 is 1.09 bits per heavy atom. The zero-order valence-electron chi connectivity index (χ0n) is 17.5. The molecule has 1 saturated carbocycles. The standard InChI is InChI=1S/C20H27F6N5O/c1-28-15-9-16(31-7-6-29-17(10-31)20(24,25)26)13(8-14(15)27)18(32)30-12-4-2-11(3-5-12)19(21,22)23/h8-9,11-12,17,28-29H,2-7,10,27H2,1H3,(H,30,32)/t11-,12-,17?. The summed E-state index contributed by atoms with van der Waals surface area (Å²) < 4.78 is 78.4. The molecule has 1 aliphatic carbocycles. The molecule has 1 saturated heterocycles. The molecule has 2 fully saturated rings. The van der Waals surface area contributed by atoms with Gasteiger partial charge >= 0.3 is 12.4 Å². The number of hydrogen-bond acceptors (Lipinski definition) is 5. The van der Waals surface area contributed by atoms with Crippen LogP contribution in [0.25, 0.3) is 0 Å². The maximum Gasteiger partial charge on any atom is 0.405 e. The number of alkyl halides is 6. The van der Waals surface area contributed by atoms with Gasteiger partial charge in [-0.25, -0.2) is 0 Å². The molecule has 2 aliphatic rings. The van der Waals surface area contributed by atoms with Crippen molar-refractivity contribution < 1.29 is 31.1 Å². The van der Waals surface area contributed by atoms with Gasteiger partial charge in [0.2, 0.25) is 0 Å². The number of halogens is 6. The van der Waals surface area contributed by atoms with E-state index < -0.39 is 36.3 Å². The van der Waals surface area contributed by atoms with E-state index in [4.69, 9.17) is 5.73 Å². The molecule has 1 aromatic rings. The van der Waals surface area contributed by atoms with Gasteiger partial charge in [0.05, 0.1) is 28.5 Å². The van der Waals surface area contributed by atoms with Crippen LogP contribution < -0.4 is 26.6 Å². The van der Waals surface area contributed by atoms with Gasteiger partial charge in [0.15, 0.2) is 0 Å². The molecule has 32 heavy (non-hydrogen) atoms. The average molecular weight is 467 g/mol. The summed E-state index contributed by atoms with van der Waals surface area (Å²) in [7, 11) is 1.60. The Hall–Kier alpha value is -2.37. The number of nitrogens with zero attached hydrogens (tertiary/aromatic N) is 1. The van der Waals surface area contributed by atoms with Gasteiger partial charge in [0.25, 0.3) is 5.91 Å². The van der Waals surface area contributed by atoms with Gasteiger partial charge in [0.1, 0.15) is 6.04 Å². The first kappa shape index (κ1) is 24.3. The summed E-state index contributed by atoms with van der Waals surface area (Å²) in [6.07, 6.45) is -8.49. The van der Waals surface area contributed by atoms with Crippen LogP contribution in [-0.2, 0) is 0 Å². The molecule has 0 bridgehead atoms. The monoisotopic (exact) mass is 467 g/mol. The van der Waals surface area contributed by atoms with Crippen molar-refractivity contribution in [3.8, 4) is 0 Å². The average Bonchev–Trinajstić information content (AvgIpc) is 2.72. The maximum absolute atomic E-state index is 13.2. The Morgan fingerprint density at radius 2 is 1.75 bits per heavy atom. The SMILES string of the molecule is CNc1cc(N2CCNC(C(F)(F)F)C2)c(C(=O)N[C@H]2CC[C@H](C(F)(F)F)CC2)cc1N. The predicted octanol–water partition coefficient (Wildman–Crippen LogP) is 3.50. The summed E-state index contributed by atoms with van der Waals surface area (Å²) in [5.74, 6) is -1.94. The number of piperazine rings is 1. The van der Waals surface area contributed by atoms with E-state index in [0.29, 0.717) is 11.4 Å². The number of carbonyl (C=O) groups is 1. The lowest BCUT2D eigenvalue weighted by Gasteiger charge is -2.37. The van der Waals surface area contributed by atoms with E-state index in [1.807, 2.05) is 0 Å².